The first-order valence-corrected chi connectivity index (χ1v) is 9.74. The summed E-state index contributed by atoms with van der Waals surface area (Å²) < 4.78 is 10.9. The summed E-state index contributed by atoms with van der Waals surface area (Å²) in [4.78, 5) is 28.8. The number of benzene rings is 1. The van der Waals surface area contributed by atoms with Crippen LogP contribution in [0.2, 0.25) is 0 Å². The zero-order valence-electron chi connectivity index (χ0n) is 15.9. The smallest absolute Gasteiger partial charge is 0.246 e. The molecule has 3 rings (SSSR count). The minimum Gasteiger partial charge on any atom is -0.493 e. The van der Waals surface area contributed by atoms with Crippen molar-refractivity contribution < 1.29 is 19.1 Å². The van der Waals surface area contributed by atoms with Gasteiger partial charge in [-0.25, -0.2) is 0 Å². The molecule has 0 radical (unpaired) electrons. The fraction of sp³-hybridized carbons (Fsp3) is 0.524. The van der Waals surface area contributed by atoms with Crippen molar-refractivity contribution in [2.45, 2.75) is 19.8 Å². The van der Waals surface area contributed by atoms with E-state index in [1.165, 1.54) is 0 Å². The largest absolute Gasteiger partial charge is 0.493 e. The van der Waals surface area contributed by atoms with E-state index in [1.54, 1.807) is 12.2 Å². The van der Waals surface area contributed by atoms with Gasteiger partial charge in [0.2, 0.25) is 11.8 Å². The van der Waals surface area contributed by atoms with Crippen LogP contribution in [0.4, 0.5) is 0 Å². The maximum Gasteiger partial charge on any atom is 0.246 e. The van der Waals surface area contributed by atoms with Crippen molar-refractivity contribution in [2.75, 3.05) is 46.0 Å². The molecule has 27 heavy (non-hydrogen) atoms. The second-order valence-electron chi connectivity index (χ2n) is 6.84. The summed E-state index contributed by atoms with van der Waals surface area (Å²) in [5, 5.41) is 0. The minimum atomic E-state index is -0.0152. The summed E-state index contributed by atoms with van der Waals surface area (Å²) in [5.41, 5.74) is 0.894. The first-order valence-electron chi connectivity index (χ1n) is 9.74. The van der Waals surface area contributed by atoms with E-state index in [1.807, 2.05) is 41.0 Å². The van der Waals surface area contributed by atoms with Crippen molar-refractivity contribution in [1.82, 2.24) is 9.80 Å². The number of ether oxygens (including phenoxy) is 2. The number of morpholine rings is 1. The number of nitrogens with zero attached hydrogens (tertiary/aromatic N) is 2. The number of piperidine rings is 1. The second kappa shape index (κ2) is 9.55. The molecular weight excluding hydrogens is 344 g/mol. The quantitative estimate of drug-likeness (QED) is 0.744. The maximum absolute atomic E-state index is 12.6. The third-order valence-corrected chi connectivity index (χ3v) is 5.10. The molecule has 2 aliphatic rings. The van der Waals surface area contributed by atoms with Gasteiger partial charge in [0.1, 0.15) is 5.75 Å². The van der Waals surface area contributed by atoms with Gasteiger partial charge in [-0.15, -0.1) is 0 Å². The van der Waals surface area contributed by atoms with Crippen LogP contribution in [0.25, 0.3) is 6.08 Å². The number of para-hydroxylation sites is 1. The van der Waals surface area contributed by atoms with Crippen molar-refractivity contribution in [3.63, 3.8) is 0 Å². The molecule has 0 aromatic heterocycles. The predicted molar refractivity (Wildman–Crippen MR) is 103 cm³/mol. The summed E-state index contributed by atoms with van der Waals surface area (Å²) in [6.07, 6.45) is 4.86. The van der Waals surface area contributed by atoms with Gasteiger partial charge in [0.15, 0.2) is 0 Å². The van der Waals surface area contributed by atoms with Crippen LogP contribution in [0.15, 0.2) is 30.3 Å². The lowest BCUT2D eigenvalue weighted by Crippen LogP contribution is -2.47. The van der Waals surface area contributed by atoms with Crippen LogP contribution in [-0.4, -0.2) is 67.6 Å². The van der Waals surface area contributed by atoms with E-state index in [0.29, 0.717) is 46.0 Å². The van der Waals surface area contributed by atoms with Gasteiger partial charge >= 0.3 is 0 Å². The summed E-state index contributed by atoms with van der Waals surface area (Å²) >= 11 is 0. The number of likely N-dealkylation sites (tertiary alicyclic amines) is 1. The normalized spacial score (nSPS) is 18.7. The monoisotopic (exact) mass is 372 g/mol. The lowest BCUT2D eigenvalue weighted by Gasteiger charge is -2.35. The molecule has 0 atom stereocenters. The number of hydrogen-bond donors (Lipinski definition) is 0. The molecule has 0 unspecified atom stereocenters. The first-order chi connectivity index (χ1) is 13.2. The molecule has 0 saturated carbocycles. The van der Waals surface area contributed by atoms with Gasteiger partial charge in [-0.05, 0) is 31.9 Å². The fourth-order valence-electron chi connectivity index (χ4n) is 3.56. The Kier molecular flexibility index (Phi) is 6.87. The van der Waals surface area contributed by atoms with Gasteiger partial charge in [-0.3, -0.25) is 9.59 Å². The van der Waals surface area contributed by atoms with E-state index in [-0.39, 0.29) is 17.7 Å². The third kappa shape index (κ3) is 5.10. The molecule has 2 aliphatic heterocycles. The Hall–Kier alpha value is -2.34. The molecule has 6 nitrogen and oxygen atoms in total. The number of rotatable bonds is 5. The fourth-order valence-corrected chi connectivity index (χ4v) is 3.56. The van der Waals surface area contributed by atoms with E-state index >= 15 is 0 Å². The van der Waals surface area contributed by atoms with Crippen molar-refractivity contribution in [3.05, 3.63) is 35.9 Å². The van der Waals surface area contributed by atoms with Crippen LogP contribution < -0.4 is 4.74 Å². The Morgan fingerprint density at radius 2 is 1.81 bits per heavy atom. The van der Waals surface area contributed by atoms with Gasteiger partial charge in [-0.1, -0.05) is 18.2 Å². The Morgan fingerprint density at radius 3 is 2.52 bits per heavy atom. The zero-order valence-corrected chi connectivity index (χ0v) is 15.9. The molecule has 0 bridgehead atoms. The summed E-state index contributed by atoms with van der Waals surface area (Å²) in [5.74, 6) is 0.999. The van der Waals surface area contributed by atoms with Crippen LogP contribution in [0.3, 0.4) is 0 Å². The van der Waals surface area contributed by atoms with Gasteiger partial charge in [0, 0.05) is 43.7 Å². The minimum absolute atomic E-state index is 0.0152. The topological polar surface area (TPSA) is 59.1 Å². The lowest BCUT2D eigenvalue weighted by molar-refractivity contribution is -0.142. The highest BCUT2D eigenvalue weighted by Gasteiger charge is 2.30. The molecule has 0 aliphatic carbocycles. The molecule has 1 aromatic carbocycles. The molecule has 0 N–H and O–H groups in total. The van der Waals surface area contributed by atoms with Crippen LogP contribution >= 0.6 is 0 Å². The number of carbonyl (C=O) groups is 2. The number of carbonyl (C=O) groups excluding carboxylic acids is 2. The van der Waals surface area contributed by atoms with E-state index in [2.05, 4.69) is 0 Å². The van der Waals surface area contributed by atoms with Crippen LogP contribution in [0, 0.1) is 5.92 Å². The molecule has 2 heterocycles. The Balaban J connectivity index is 1.52. The van der Waals surface area contributed by atoms with Crippen LogP contribution in [0.5, 0.6) is 5.75 Å². The van der Waals surface area contributed by atoms with Crippen molar-refractivity contribution in [2.24, 2.45) is 5.92 Å². The number of hydrogen-bond acceptors (Lipinski definition) is 4. The van der Waals surface area contributed by atoms with E-state index < -0.39 is 0 Å². The van der Waals surface area contributed by atoms with E-state index in [9.17, 15) is 9.59 Å². The molecule has 6 heteroatoms. The molecule has 0 spiro atoms. The molecule has 1 aromatic rings. The third-order valence-electron chi connectivity index (χ3n) is 5.10. The molecule has 2 saturated heterocycles. The lowest BCUT2D eigenvalue weighted by atomic mass is 9.95. The van der Waals surface area contributed by atoms with E-state index in [4.69, 9.17) is 9.47 Å². The summed E-state index contributed by atoms with van der Waals surface area (Å²) in [7, 11) is 0. The highest BCUT2D eigenvalue weighted by molar-refractivity contribution is 5.92. The van der Waals surface area contributed by atoms with Crippen molar-refractivity contribution >= 4 is 17.9 Å². The standard InChI is InChI=1S/C21H28N2O4/c1-2-27-19-6-4-3-5-17(19)7-8-20(24)22-11-9-18(10-12-22)21(25)23-13-15-26-16-14-23/h3-8,18H,2,9-16H2,1H3/b8-7+. The average Bonchev–Trinajstić information content (AvgIpc) is 2.73. The average molecular weight is 372 g/mol. The van der Waals surface area contributed by atoms with Crippen LogP contribution in [0.1, 0.15) is 25.3 Å². The Labute approximate surface area is 160 Å². The highest BCUT2D eigenvalue weighted by Crippen LogP contribution is 2.22. The highest BCUT2D eigenvalue weighted by atomic mass is 16.5. The van der Waals surface area contributed by atoms with E-state index in [0.717, 1.165) is 24.2 Å². The molecule has 146 valence electrons. The Bertz CT molecular complexity index is 675. The van der Waals surface area contributed by atoms with Gasteiger partial charge < -0.3 is 19.3 Å². The van der Waals surface area contributed by atoms with Gasteiger partial charge in [0.25, 0.3) is 0 Å². The molecule has 2 fully saturated rings. The molecule has 2 amide bonds. The van der Waals surface area contributed by atoms with Gasteiger partial charge in [0.05, 0.1) is 19.8 Å². The van der Waals surface area contributed by atoms with Crippen molar-refractivity contribution in [3.8, 4) is 5.75 Å². The second-order valence-corrected chi connectivity index (χ2v) is 6.84. The number of amides is 2. The predicted octanol–water partition coefficient (Wildman–Crippen LogP) is 2.20. The SMILES string of the molecule is CCOc1ccccc1/C=C/C(=O)N1CCC(C(=O)N2CCOCC2)CC1. The molecular formula is C21H28N2O4. The van der Waals surface area contributed by atoms with Crippen molar-refractivity contribution in [1.29, 1.82) is 0 Å². The van der Waals surface area contributed by atoms with Gasteiger partial charge in [-0.2, -0.15) is 0 Å². The summed E-state index contributed by atoms with van der Waals surface area (Å²) in [6, 6.07) is 7.67. The zero-order chi connectivity index (χ0) is 19.1. The van der Waals surface area contributed by atoms with Crippen LogP contribution in [-0.2, 0) is 14.3 Å². The summed E-state index contributed by atoms with van der Waals surface area (Å²) in [6.45, 7) is 6.37. The Morgan fingerprint density at radius 1 is 1.11 bits per heavy atom. The first kappa shape index (κ1) is 19.4. The maximum atomic E-state index is 12.6.